The minimum atomic E-state index is -0.742. The predicted molar refractivity (Wildman–Crippen MR) is 107 cm³/mol. The largest absolute Gasteiger partial charge is 0.497 e. The molecule has 0 bridgehead atoms. The maximum atomic E-state index is 11.1. The number of hydrogen-bond acceptors (Lipinski definition) is 7. The second kappa shape index (κ2) is 8.00. The highest BCUT2D eigenvalue weighted by Crippen LogP contribution is 2.51. The fourth-order valence-electron chi connectivity index (χ4n) is 4.26. The number of hydrogen-bond donors (Lipinski definition) is 1. The maximum absolute atomic E-state index is 11.1. The molecule has 4 rings (SSSR count). The first-order valence-corrected chi connectivity index (χ1v) is 9.67. The lowest BCUT2D eigenvalue weighted by Gasteiger charge is -2.37. The van der Waals surface area contributed by atoms with E-state index >= 15 is 0 Å². The molecule has 0 aliphatic carbocycles. The average Bonchev–Trinajstić information content (AvgIpc) is 3.21. The van der Waals surface area contributed by atoms with Crippen molar-refractivity contribution in [2.45, 2.75) is 25.0 Å². The molecule has 2 aliphatic heterocycles. The van der Waals surface area contributed by atoms with Gasteiger partial charge in [-0.15, -0.1) is 0 Å². The average molecular weight is 401 g/mol. The Bertz CT molecular complexity index is 899. The van der Waals surface area contributed by atoms with Gasteiger partial charge in [-0.2, -0.15) is 0 Å². The van der Waals surface area contributed by atoms with E-state index in [9.17, 15) is 5.11 Å². The van der Waals surface area contributed by atoms with Crippen LogP contribution in [0.15, 0.2) is 24.3 Å². The first-order valence-electron chi connectivity index (χ1n) is 9.67. The highest BCUT2D eigenvalue weighted by Gasteiger charge is 2.35. The van der Waals surface area contributed by atoms with Crippen LogP contribution in [0.5, 0.6) is 28.7 Å². The second-order valence-corrected chi connectivity index (χ2v) is 7.32. The number of methoxy groups -OCH3 is 3. The van der Waals surface area contributed by atoms with Gasteiger partial charge < -0.3 is 28.8 Å². The Morgan fingerprint density at radius 1 is 1.14 bits per heavy atom. The van der Waals surface area contributed by atoms with E-state index in [4.69, 9.17) is 23.7 Å². The summed E-state index contributed by atoms with van der Waals surface area (Å²) in [6.07, 6.45) is 0.616. The van der Waals surface area contributed by atoms with Crippen molar-refractivity contribution in [1.82, 2.24) is 4.90 Å². The fraction of sp³-hybridized carbons (Fsp3) is 0.455. The quantitative estimate of drug-likeness (QED) is 0.798. The van der Waals surface area contributed by atoms with Crippen LogP contribution >= 0.6 is 0 Å². The van der Waals surface area contributed by atoms with E-state index in [2.05, 4.69) is 11.9 Å². The Hall–Kier alpha value is -2.64. The van der Waals surface area contributed by atoms with Crippen LogP contribution in [0.25, 0.3) is 0 Å². The fourth-order valence-corrected chi connectivity index (χ4v) is 4.26. The Kier molecular flexibility index (Phi) is 5.43. The van der Waals surface area contributed by atoms with E-state index in [0.29, 0.717) is 35.0 Å². The molecular formula is C22H27NO6. The van der Waals surface area contributed by atoms with Crippen LogP contribution in [0, 0.1) is 0 Å². The number of aliphatic hydroxyl groups is 1. The van der Waals surface area contributed by atoms with Gasteiger partial charge in [-0.05, 0) is 49.7 Å². The molecule has 0 saturated carbocycles. The SMILES string of the molecule is COc1ccc(OC)c([C@H](O)C[C@@H]2c3c(cc4c(c3OC)OCO4)CCN2C)c1. The lowest BCUT2D eigenvalue weighted by Crippen LogP contribution is -2.33. The van der Waals surface area contributed by atoms with Gasteiger partial charge in [-0.3, -0.25) is 4.90 Å². The number of aliphatic hydroxyl groups excluding tert-OH is 1. The summed E-state index contributed by atoms with van der Waals surface area (Å²) >= 11 is 0. The molecule has 1 N–H and O–H groups in total. The van der Waals surface area contributed by atoms with Crippen LogP contribution < -0.4 is 23.7 Å². The van der Waals surface area contributed by atoms with Gasteiger partial charge in [-0.25, -0.2) is 0 Å². The normalized spacial score (nSPS) is 18.9. The summed E-state index contributed by atoms with van der Waals surface area (Å²) in [4.78, 5) is 2.24. The smallest absolute Gasteiger partial charge is 0.231 e. The Balaban J connectivity index is 1.72. The summed E-state index contributed by atoms with van der Waals surface area (Å²) in [7, 11) is 6.91. The standard InChI is InChI=1S/C22H27NO6/c1-23-8-7-13-9-19-21(29-12-28-19)22(27-4)20(13)16(23)11-17(24)15-10-14(25-2)5-6-18(15)26-3/h5-6,9-10,16-17,24H,7-8,11-12H2,1-4H3/t16-,17-/m1/s1. The van der Waals surface area contributed by atoms with Crippen LogP contribution in [0.1, 0.15) is 35.3 Å². The number of benzene rings is 2. The minimum Gasteiger partial charge on any atom is -0.497 e. The van der Waals surface area contributed by atoms with Gasteiger partial charge >= 0.3 is 0 Å². The first-order chi connectivity index (χ1) is 14.1. The van der Waals surface area contributed by atoms with Gasteiger partial charge in [-0.1, -0.05) is 0 Å². The molecular weight excluding hydrogens is 374 g/mol. The van der Waals surface area contributed by atoms with Gasteiger partial charge in [0.1, 0.15) is 11.5 Å². The summed E-state index contributed by atoms with van der Waals surface area (Å²) in [5, 5.41) is 11.1. The zero-order valence-electron chi connectivity index (χ0n) is 17.2. The summed E-state index contributed by atoms with van der Waals surface area (Å²) in [5.74, 6) is 3.36. The third-order valence-corrected chi connectivity index (χ3v) is 5.79. The molecule has 2 aliphatic rings. The number of nitrogens with zero attached hydrogens (tertiary/aromatic N) is 1. The molecule has 2 aromatic carbocycles. The molecule has 2 atom stereocenters. The van der Waals surface area contributed by atoms with Crippen molar-refractivity contribution >= 4 is 0 Å². The third kappa shape index (κ3) is 3.45. The molecule has 0 aromatic heterocycles. The minimum absolute atomic E-state index is 0.0471. The van der Waals surface area contributed by atoms with E-state index in [1.54, 1.807) is 21.3 Å². The Morgan fingerprint density at radius 3 is 2.69 bits per heavy atom. The van der Waals surface area contributed by atoms with Crippen molar-refractivity contribution in [3.8, 4) is 28.7 Å². The van der Waals surface area contributed by atoms with Crippen LogP contribution in [0.4, 0.5) is 0 Å². The number of ether oxygens (including phenoxy) is 5. The van der Waals surface area contributed by atoms with Crippen molar-refractivity contribution in [3.05, 3.63) is 41.0 Å². The van der Waals surface area contributed by atoms with Crippen LogP contribution in [0.3, 0.4) is 0 Å². The zero-order valence-corrected chi connectivity index (χ0v) is 17.2. The third-order valence-electron chi connectivity index (χ3n) is 5.79. The molecule has 29 heavy (non-hydrogen) atoms. The Labute approximate surface area is 170 Å². The lowest BCUT2D eigenvalue weighted by atomic mass is 9.87. The predicted octanol–water partition coefficient (Wildman–Crippen LogP) is 3.09. The molecule has 7 nitrogen and oxygen atoms in total. The van der Waals surface area contributed by atoms with Crippen molar-refractivity contribution in [2.75, 3.05) is 41.7 Å². The molecule has 0 unspecified atom stereocenters. The Morgan fingerprint density at radius 2 is 1.97 bits per heavy atom. The van der Waals surface area contributed by atoms with Crippen LogP contribution in [0.2, 0.25) is 0 Å². The molecule has 2 heterocycles. The van der Waals surface area contributed by atoms with Gasteiger partial charge in [0.2, 0.25) is 12.5 Å². The summed E-state index contributed by atoms with van der Waals surface area (Å²) < 4.78 is 27.8. The van der Waals surface area contributed by atoms with Crippen LogP contribution in [-0.2, 0) is 6.42 Å². The van der Waals surface area contributed by atoms with Gasteiger partial charge in [0.05, 0.1) is 27.4 Å². The molecule has 0 radical (unpaired) electrons. The summed E-state index contributed by atoms with van der Waals surface area (Å²) in [6, 6.07) is 7.45. The van der Waals surface area contributed by atoms with E-state index < -0.39 is 6.10 Å². The summed E-state index contributed by atoms with van der Waals surface area (Å²) in [5.41, 5.74) is 2.91. The van der Waals surface area contributed by atoms with E-state index in [-0.39, 0.29) is 12.8 Å². The lowest BCUT2D eigenvalue weighted by molar-refractivity contribution is 0.105. The van der Waals surface area contributed by atoms with Gasteiger partial charge in [0.25, 0.3) is 0 Å². The second-order valence-electron chi connectivity index (χ2n) is 7.32. The zero-order chi connectivity index (χ0) is 20.5. The van der Waals surface area contributed by atoms with Crippen molar-refractivity contribution in [1.29, 1.82) is 0 Å². The monoisotopic (exact) mass is 401 g/mol. The molecule has 2 aromatic rings. The topological polar surface area (TPSA) is 69.6 Å². The number of rotatable bonds is 6. The summed E-state index contributed by atoms with van der Waals surface area (Å²) in [6.45, 7) is 1.07. The van der Waals surface area contributed by atoms with E-state index in [1.165, 1.54) is 5.56 Å². The number of likely N-dealkylation sites (N-methyl/N-ethyl adjacent to an activating group) is 1. The first kappa shape index (κ1) is 19.7. The van der Waals surface area contributed by atoms with E-state index in [0.717, 1.165) is 24.3 Å². The maximum Gasteiger partial charge on any atom is 0.231 e. The van der Waals surface area contributed by atoms with Gasteiger partial charge in [0, 0.05) is 23.7 Å². The molecule has 0 amide bonds. The molecule has 0 saturated heterocycles. The van der Waals surface area contributed by atoms with Crippen LogP contribution in [-0.4, -0.2) is 51.7 Å². The molecule has 0 spiro atoms. The van der Waals surface area contributed by atoms with E-state index in [1.807, 2.05) is 24.3 Å². The van der Waals surface area contributed by atoms with Gasteiger partial charge in [0.15, 0.2) is 11.5 Å². The van der Waals surface area contributed by atoms with Crippen molar-refractivity contribution < 1.29 is 28.8 Å². The number of fused-ring (bicyclic) bond motifs is 2. The molecule has 156 valence electrons. The van der Waals surface area contributed by atoms with Crippen molar-refractivity contribution in [2.24, 2.45) is 0 Å². The molecule has 7 heteroatoms. The highest BCUT2D eigenvalue weighted by molar-refractivity contribution is 5.62. The molecule has 0 fully saturated rings. The highest BCUT2D eigenvalue weighted by atomic mass is 16.7. The van der Waals surface area contributed by atoms with Crippen molar-refractivity contribution in [3.63, 3.8) is 0 Å².